The van der Waals surface area contributed by atoms with E-state index in [0.29, 0.717) is 0 Å². The van der Waals surface area contributed by atoms with Crippen LogP contribution in [0.5, 0.6) is 0 Å². The van der Waals surface area contributed by atoms with Crippen molar-refractivity contribution in [2.75, 3.05) is 11.9 Å². The first kappa shape index (κ1) is 8.46. The first-order valence-corrected chi connectivity index (χ1v) is 4.74. The van der Waals surface area contributed by atoms with Crippen LogP contribution in [0.3, 0.4) is 0 Å². The molecule has 0 radical (unpaired) electrons. The normalized spacial score (nSPS) is 10.0. The summed E-state index contributed by atoms with van der Waals surface area (Å²) in [7, 11) is 0. The van der Waals surface area contributed by atoms with Gasteiger partial charge in [0.05, 0.1) is 0 Å². The summed E-state index contributed by atoms with van der Waals surface area (Å²) in [5.74, 6) is 0. The minimum Gasteiger partial charge on any atom is -0.360 e. The molecule has 1 aromatic rings. The Bertz CT molecular complexity index is 189. The quantitative estimate of drug-likeness (QED) is 0.752. The summed E-state index contributed by atoms with van der Waals surface area (Å²) in [5, 5.41) is 13.2. The van der Waals surface area contributed by atoms with Gasteiger partial charge in [0.1, 0.15) is 5.01 Å². The number of hydrogen-bond acceptors (Lipinski definition) is 4. The summed E-state index contributed by atoms with van der Waals surface area (Å²) in [6, 6.07) is 0. The molecule has 0 spiro atoms. The van der Waals surface area contributed by atoms with Crippen LogP contribution in [-0.2, 0) is 6.42 Å². The van der Waals surface area contributed by atoms with E-state index in [9.17, 15) is 0 Å². The molecule has 0 fully saturated rings. The number of hydrogen-bond donors (Lipinski definition) is 1. The smallest absolute Gasteiger partial charge is 0.205 e. The maximum atomic E-state index is 4.03. The van der Waals surface area contributed by atoms with Gasteiger partial charge in [0.15, 0.2) is 0 Å². The maximum absolute atomic E-state index is 4.03. The molecular weight excluding hydrogens is 158 g/mol. The van der Waals surface area contributed by atoms with Crippen LogP contribution in [0.1, 0.15) is 25.3 Å². The molecule has 11 heavy (non-hydrogen) atoms. The number of aryl methyl sites for hydroxylation is 1. The highest BCUT2D eigenvalue weighted by molar-refractivity contribution is 7.15. The van der Waals surface area contributed by atoms with Crippen molar-refractivity contribution in [3.8, 4) is 0 Å². The van der Waals surface area contributed by atoms with Crippen LogP contribution in [0.2, 0.25) is 0 Å². The van der Waals surface area contributed by atoms with Gasteiger partial charge in [-0.25, -0.2) is 0 Å². The van der Waals surface area contributed by atoms with Crippen LogP contribution in [0, 0.1) is 0 Å². The molecule has 0 saturated heterocycles. The lowest BCUT2D eigenvalue weighted by Gasteiger charge is -1.91. The first-order chi connectivity index (χ1) is 5.36. The molecule has 0 aliphatic carbocycles. The highest BCUT2D eigenvalue weighted by Gasteiger charge is 2.00. The van der Waals surface area contributed by atoms with Crippen LogP contribution < -0.4 is 5.32 Å². The average molecular weight is 171 g/mol. The Hall–Kier alpha value is -0.640. The van der Waals surface area contributed by atoms with E-state index in [0.717, 1.165) is 29.5 Å². The van der Waals surface area contributed by atoms with Crippen molar-refractivity contribution in [2.45, 2.75) is 26.7 Å². The van der Waals surface area contributed by atoms with Crippen molar-refractivity contribution in [1.29, 1.82) is 0 Å². The summed E-state index contributed by atoms with van der Waals surface area (Å²) in [6.07, 6.45) is 2.18. The van der Waals surface area contributed by atoms with Crippen LogP contribution in [0.25, 0.3) is 0 Å². The Balaban J connectivity index is 2.51. The van der Waals surface area contributed by atoms with E-state index in [1.54, 1.807) is 11.3 Å². The van der Waals surface area contributed by atoms with Crippen molar-refractivity contribution in [3.05, 3.63) is 5.01 Å². The van der Waals surface area contributed by atoms with Crippen molar-refractivity contribution < 1.29 is 0 Å². The molecule has 3 nitrogen and oxygen atoms in total. The summed E-state index contributed by atoms with van der Waals surface area (Å²) in [6.45, 7) is 5.12. The molecule has 1 aromatic heterocycles. The van der Waals surface area contributed by atoms with Crippen molar-refractivity contribution >= 4 is 16.5 Å². The molecule has 0 amide bonds. The minimum absolute atomic E-state index is 0.917. The molecule has 0 aromatic carbocycles. The molecular formula is C7H13N3S. The molecule has 0 bridgehead atoms. The van der Waals surface area contributed by atoms with E-state index in [1.165, 1.54) is 0 Å². The van der Waals surface area contributed by atoms with E-state index in [4.69, 9.17) is 0 Å². The lowest BCUT2D eigenvalue weighted by atomic mass is 10.4. The van der Waals surface area contributed by atoms with Crippen LogP contribution in [0.4, 0.5) is 5.13 Å². The maximum Gasteiger partial charge on any atom is 0.205 e. The van der Waals surface area contributed by atoms with Crippen molar-refractivity contribution in [2.24, 2.45) is 0 Å². The van der Waals surface area contributed by atoms with Gasteiger partial charge >= 0.3 is 0 Å². The third-order valence-electron chi connectivity index (χ3n) is 1.26. The Morgan fingerprint density at radius 2 is 2.18 bits per heavy atom. The lowest BCUT2D eigenvalue weighted by molar-refractivity contribution is 0.878. The second-order valence-corrected chi connectivity index (χ2v) is 3.34. The van der Waals surface area contributed by atoms with Gasteiger partial charge in [-0.05, 0) is 13.3 Å². The Morgan fingerprint density at radius 1 is 1.36 bits per heavy atom. The van der Waals surface area contributed by atoms with Crippen LogP contribution in [0.15, 0.2) is 0 Å². The number of rotatable bonds is 4. The van der Waals surface area contributed by atoms with Crippen LogP contribution in [-0.4, -0.2) is 16.7 Å². The van der Waals surface area contributed by atoms with E-state index in [2.05, 4.69) is 29.4 Å². The highest BCUT2D eigenvalue weighted by atomic mass is 32.1. The summed E-state index contributed by atoms with van der Waals surface area (Å²) in [5.41, 5.74) is 0. The fourth-order valence-corrected chi connectivity index (χ4v) is 1.70. The molecule has 0 saturated carbocycles. The number of nitrogens with zero attached hydrogens (tertiary/aromatic N) is 2. The third kappa shape index (κ3) is 2.46. The van der Waals surface area contributed by atoms with E-state index in [1.807, 2.05) is 0 Å². The van der Waals surface area contributed by atoms with Gasteiger partial charge in [-0.15, -0.1) is 10.2 Å². The molecule has 4 heteroatoms. The monoisotopic (exact) mass is 171 g/mol. The van der Waals surface area contributed by atoms with E-state index in [-0.39, 0.29) is 0 Å². The predicted molar refractivity (Wildman–Crippen MR) is 48.1 cm³/mol. The van der Waals surface area contributed by atoms with Gasteiger partial charge in [-0.2, -0.15) is 0 Å². The number of nitrogens with one attached hydrogen (secondary N) is 1. The highest BCUT2D eigenvalue weighted by Crippen LogP contribution is 2.15. The number of anilines is 1. The standard InChI is InChI=1S/C7H13N3S/c1-3-5-6-9-10-7(11-6)8-4-2/h3-5H2,1-2H3,(H,8,10). The van der Waals surface area contributed by atoms with Gasteiger partial charge in [-0.3, -0.25) is 0 Å². The van der Waals surface area contributed by atoms with E-state index >= 15 is 0 Å². The number of aromatic nitrogens is 2. The minimum atomic E-state index is 0.917. The Morgan fingerprint density at radius 3 is 2.82 bits per heavy atom. The fraction of sp³-hybridized carbons (Fsp3) is 0.714. The molecule has 1 heterocycles. The van der Waals surface area contributed by atoms with Crippen molar-refractivity contribution in [3.63, 3.8) is 0 Å². The van der Waals surface area contributed by atoms with Crippen molar-refractivity contribution in [1.82, 2.24) is 10.2 Å². The summed E-state index contributed by atoms with van der Waals surface area (Å²) >= 11 is 1.65. The van der Waals surface area contributed by atoms with Gasteiger partial charge in [0.25, 0.3) is 0 Å². The molecule has 1 rings (SSSR count). The molecule has 0 aliphatic rings. The predicted octanol–water partition coefficient (Wildman–Crippen LogP) is 1.92. The fourth-order valence-electron chi connectivity index (χ4n) is 0.791. The first-order valence-electron chi connectivity index (χ1n) is 3.93. The molecule has 0 aliphatic heterocycles. The lowest BCUT2D eigenvalue weighted by Crippen LogP contribution is -1.94. The van der Waals surface area contributed by atoms with Gasteiger partial charge in [-0.1, -0.05) is 18.3 Å². The summed E-state index contributed by atoms with van der Waals surface area (Å²) in [4.78, 5) is 0. The average Bonchev–Trinajstić information content (AvgIpc) is 2.38. The molecule has 0 atom stereocenters. The topological polar surface area (TPSA) is 37.8 Å². The van der Waals surface area contributed by atoms with E-state index < -0.39 is 0 Å². The zero-order valence-electron chi connectivity index (χ0n) is 6.92. The van der Waals surface area contributed by atoms with Gasteiger partial charge in [0.2, 0.25) is 5.13 Å². The van der Waals surface area contributed by atoms with Gasteiger partial charge in [0, 0.05) is 13.0 Å². The largest absolute Gasteiger partial charge is 0.360 e. The Kier molecular flexibility index (Phi) is 3.29. The third-order valence-corrected chi connectivity index (χ3v) is 2.20. The molecule has 1 N–H and O–H groups in total. The van der Waals surface area contributed by atoms with Crippen LogP contribution >= 0.6 is 11.3 Å². The zero-order chi connectivity index (χ0) is 8.10. The second kappa shape index (κ2) is 4.28. The second-order valence-electron chi connectivity index (χ2n) is 2.28. The SMILES string of the molecule is CCCc1nnc(NCC)s1. The zero-order valence-corrected chi connectivity index (χ0v) is 7.74. The molecule has 0 unspecified atom stereocenters. The summed E-state index contributed by atoms with van der Waals surface area (Å²) < 4.78 is 0. The Labute approximate surface area is 70.9 Å². The molecule has 62 valence electrons. The van der Waals surface area contributed by atoms with Gasteiger partial charge < -0.3 is 5.32 Å².